The van der Waals surface area contributed by atoms with E-state index in [-0.39, 0.29) is 24.1 Å². The molecule has 0 unspecified atom stereocenters. The molecule has 118 valence electrons. The normalized spacial score (nSPS) is 15.3. The number of nitrogens with one attached hydrogen (secondary N) is 2. The van der Waals surface area contributed by atoms with Crippen molar-refractivity contribution in [2.45, 2.75) is 6.42 Å². The summed E-state index contributed by atoms with van der Waals surface area (Å²) in [6.07, 6.45) is 0.952. The van der Waals surface area contributed by atoms with Crippen LogP contribution in [0.5, 0.6) is 0 Å². The van der Waals surface area contributed by atoms with Gasteiger partial charge in [-0.2, -0.15) is 0 Å². The van der Waals surface area contributed by atoms with Crippen molar-refractivity contribution in [3.8, 4) is 0 Å². The Labute approximate surface area is 130 Å². The molecule has 7 heteroatoms. The Morgan fingerprint density at radius 1 is 1.38 bits per heavy atom. The third kappa shape index (κ3) is 5.49. The maximum atomic E-state index is 13.8. The summed E-state index contributed by atoms with van der Waals surface area (Å²) in [5.74, 6) is -0.494. The summed E-state index contributed by atoms with van der Waals surface area (Å²) in [6, 6.07) is 4.56. The summed E-state index contributed by atoms with van der Waals surface area (Å²) in [4.78, 5) is 2.35. The first-order chi connectivity index (χ1) is 9.66. The zero-order valence-corrected chi connectivity index (χ0v) is 12.7. The molecule has 0 radical (unpaired) electrons. The molecule has 21 heavy (non-hydrogen) atoms. The quantitative estimate of drug-likeness (QED) is 0.424. The van der Waals surface area contributed by atoms with Gasteiger partial charge in [0, 0.05) is 25.2 Å². The highest BCUT2D eigenvalue weighted by molar-refractivity contribution is 5.95. The van der Waals surface area contributed by atoms with Crippen LogP contribution in [-0.2, 0) is 4.74 Å². The van der Waals surface area contributed by atoms with Crippen LogP contribution in [0.3, 0.4) is 0 Å². The van der Waals surface area contributed by atoms with Crippen LogP contribution < -0.4 is 11.1 Å². The molecular formula is C14H22ClFN4O. The highest BCUT2D eigenvalue weighted by Gasteiger charge is 2.09. The molecule has 0 saturated carbocycles. The second-order valence-corrected chi connectivity index (χ2v) is 4.84. The van der Waals surface area contributed by atoms with Gasteiger partial charge < -0.3 is 15.8 Å². The van der Waals surface area contributed by atoms with Gasteiger partial charge in [-0.15, -0.1) is 12.4 Å². The number of morpholine rings is 1. The van der Waals surface area contributed by atoms with Crippen molar-refractivity contribution < 1.29 is 9.13 Å². The van der Waals surface area contributed by atoms with Crippen LogP contribution in [0, 0.1) is 11.2 Å². The summed E-state index contributed by atoms with van der Waals surface area (Å²) in [6.45, 7) is 5.25. The average Bonchev–Trinajstić information content (AvgIpc) is 2.46. The van der Waals surface area contributed by atoms with E-state index in [0.717, 1.165) is 39.3 Å². The average molecular weight is 317 g/mol. The van der Waals surface area contributed by atoms with Crippen LogP contribution in [-0.4, -0.2) is 50.1 Å². The Bertz CT molecular complexity index is 466. The molecule has 0 atom stereocenters. The second-order valence-electron chi connectivity index (χ2n) is 4.84. The topological polar surface area (TPSA) is 74.4 Å². The molecule has 1 saturated heterocycles. The van der Waals surface area contributed by atoms with Crippen LogP contribution in [0.1, 0.15) is 12.0 Å². The number of benzene rings is 1. The van der Waals surface area contributed by atoms with Crippen LogP contribution in [0.15, 0.2) is 18.2 Å². The van der Waals surface area contributed by atoms with Crippen LogP contribution in [0.2, 0.25) is 0 Å². The van der Waals surface area contributed by atoms with Crippen molar-refractivity contribution in [1.29, 1.82) is 5.41 Å². The SMILES string of the molecule is Cl.N=C(N)c1ccc(NCCCN2CCOCC2)c(F)c1. The first-order valence-electron chi connectivity index (χ1n) is 6.85. The van der Waals surface area contributed by atoms with Gasteiger partial charge in [-0.05, 0) is 31.2 Å². The molecule has 0 aromatic heterocycles. The number of rotatable bonds is 6. The predicted octanol–water partition coefficient (Wildman–Crippen LogP) is 1.67. The van der Waals surface area contributed by atoms with Crippen molar-refractivity contribution >= 4 is 23.9 Å². The summed E-state index contributed by atoms with van der Waals surface area (Å²) in [7, 11) is 0. The number of nitrogens with zero attached hydrogens (tertiary/aromatic N) is 1. The molecule has 1 aliphatic rings. The minimum absolute atomic E-state index is 0. The molecular weight excluding hydrogens is 295 g/mol. The van der Waals surface area contributed by atoms with Crippen LogP contribution in [0.4, 0.5) is 10.1 Å². The highest BCUT2D eigenvalue weighted by Crippen LogP contribution is 2.15. The predicted molar refractivity (Wildman–Crippen MR) is 85.0 cm³/mol. The molecule has 1 aromatic rings. The van der Waals surface area contributed by atoms with Crippen LogP contribution in [0.25, 0.3) is 0 Å². The molecule has 1 aromatic carbocycles. The monoisotopic (exact) mass is 316 g/mol. The summed E-state index contributed by atoms with van der Waals surface area (Å²) in [5.41, 5.74) is 6.18. The Morgan fingerprint density at radius 3 is 2.71 bits per heavy atom. The molecule has 1 fully saturated rings. The number of halogens is 2. The zero-order chi connectivity index (χ0) is 14.4. The molecule has 0 bridgehead atoms. The van der Waals surface area contributed by atoms with Crippen molar-refractivity contribution in [3.63, 3.8) is 0 Å². The third-order valence-electron chi connectivity index (χ3n) is 3.35. The van der Waals surface area contributed by atoms with Gasteiger partial charge in [-0.25, -0.2) is 4.39 Å². The van der Waals surface area contributed by atoms with E-state index >= 15 is 0 Å². The van der Waals surface area contributed by atoms with Gasteiger partial charge in [0.25, 0.3) is 0 Å². The zero-order valence-electron chi connectivity index (χ0n) is 11.9. The Balaban J connectivity index is 0.00000220. The molecule has 5 nitrogen and oxygen atoms in total. The van der Waals surface area contributed by atoms with Gasteiger partial charge in [-0.1, -0.05) is 0 Å². The standard InChI is InChI=1S/C14H21FN4O.ClH/c15-12-10-11(14(16)17)2-3-13(12)18-4-1-5-19-6-8-20-9-7-19;/h2-3,10,18H,1,4-9H2,(H3,16,17);1H. The Morgan fingerprint density at radius 2 is 2.10 bits per heavy atom. The van der Waals surface area contributed by atoms with E-state index in [9.17, 15) is 4.39 Å². The van der Waals surface area contributed by atoms with Crippen molar-refractivity contribution in [2.75, 3.05) is 44.7 Å². The molecule has 1 heterocycles. The van der Waals surface area contributed by atoms with Gasteiger partial charge in [0.15, 0.2) is 0 Å². The minimum Gasteiger partial charge on any atom is -0.384 e. The number of hydrogen-bond acceptors (Lipinski definition) is 4. The van der Waals surface area contributed by atoms with E-state index in [1.54, 1.807) is 12.1 Å². The van der Waals surface area contributed by atoms with Gasteiger partial charge in [0.2, 0.25) is 0 Å². The van der Waals surface area contributed by atoms with Gasteiger partial charge in [-0.3, -0.25) is 10.3 Å². The number of amidine groups is 1. The largest absolute Gasteiger partial charge is 0.384 e. The maximum absolute atomic E-state index is 13.8. The van der Waals surface area contributed by atoms with E-state index in [1.807, 2.05) is 0 Å². The fourth-order valence-corrected chi connectivity index (χ4v) is 2.18. The first-order valence-corrected chi connectivity index (χ1v) is 6.85. The van der Waals surface area contributed by atoms with Gasteiger partial charge in [0.05, 0.1) is 18.9 Å². The molecule has 1 aliphatic heterocycles. The molecule has 0 amide bonds. The van der Waals surface area contributed by atoms with E-state index in [0.29, 0.717) is 17.8 Å². The number of nitrogen functional groups attached to an aromatic ring is 1. The van der Waals surface area contributed by atoms with Gasteiger partial charge >= 0.3 is 0 Å². The molecule has 2 rings (SSSR count). The highest BCUT2D eigenvalue weighted by atomic mass is 35.5. The summed E-state index contributed by atoms with van der Waals surface area (Å²) >= 11 is 0. The van der Waals surface area contributed by atoms with Crippen molar-refractivity contribution in [1.82, 2.24) is 4.90 Å². The summed E-state index contributed by atoms with van der Waals surface area (Å²) < 4.78 is 19.0. The maximum Gasteiger partial charge on any atom is 0.147 e. The summed E-state index contributed by atoms with van der Waals surface area (Å²) in [5, 5.41) is 10.3. The van der Waals surface area contributed by atoms with E-state index in [2.05, 4.69) is 10.2 Å². The van der Waals surface area contributed by atoms with E-state index in [1.165, 1.54) is 6.07 Å². The lowest BCUT2D eigenvalue weighted by Gasteiger charge is -2.26. The lowest BCUT2D eigenvalue weighted by Crippen LogP contribution is -2.37. The minimum atomic E-state index is -0.371. The van der Waals surface area contributed by atoms with E-state index in [4.69, 9.17) is 15.9 Å². The second kappa shape index (κ2) is 8.81. The number of nitrogens with two attached hydrogens (primary N) is 1. The number of hydrogen-bond donors (Lipinski definition) is 3. The van der Waals surface area contributed by atoms with Crippen molar-refractivity contribution in [3.05, 3.63) is 29.6 Å². The number of ether oxygens (including phenoxy) is 1. The number of anilines is 1. The Hall–Kier alpha value is -1.37. The van der Waals surface area contributed by atoms with Crippen molar-refractivity contribution in [2.24, 2.45) is 5.73 Å². The molecule has 0 aliphatic carbocycles. The fraction of sp³-hybridized carbons (Fsp3) is 0.500. The molecule has 0 spiro atoms. The fourth-order valence-electron chi connectivity index (χ4n) is 2.18. The van der Waals surface area contributed by atoms with Gasteiger partial charge in [0.1, 0.15) is 11.7 Å². The third-order valence-corrected chi connectivity index (χ3v) is 3.35. The van der Waals surface area contributed by atoms with Crippen LogP contribution >= 0.6 is 12.4 Å². The smallest absolute Gasteiger partial charge is 0.147 e. The first kappa shape index (κ1) is 17.7. The van der Waals surface area contributed by atoms with E-state index < -0.39 is 0 Å². The Kier molecular flexibility index (Phi) is 7.42. The molecule has 4 N–H and O–H groups in total. The lowest BCUT2D eigenvalue weighted by atomic mass is 10.2. The lowest BCUT2D eigenvalue weighted by molar-refractivity contribution is 0.0378.